The first-order valence-corrected chi connectivity index (χ1v) is 11.0. The summed E-state index contributed by atoms with van der Waals surface area (Å²) < 4.78 is 0. The van der Waals surface area contributed by atoms with Gasteiger partial charge in [0.1, 0.15) is 12.2 Å². The van der Waals surface area contributed by atoms with E-state index in [1.165, 1.54) is 23.5 Å². The molecule has 0 unspecified atom stereocenters. The number of fused-ring (bicyclic) bond motifs is 1. The number of rotatable bonds is 5. The molecule has 0 spiro atoms. The number of nitrogens with zero attached hydrogens (tertiary/aromatic N) is 4. The van der Waals surface area contributed by atoms with Gasteiger partial charge in [-0.3, -0.25) is 14.6 Å². The van der Waals surface area contributed by atoms with Crippen LogP contribution in [0.4, 0.5) is 0 Å². The van der Waals surface area contributed by atoms with Crippen LogP contribution < -0.4 is 0 Å². The van der Waals surface area contributed by atoms with Gasteiger partial charge < -0.3 is 14.9 Å². The predicted molar refractivity (Wildman–Crippen MR) is 124 cm³/mol. The van der Waals surface area contributed by atoms with E-state index < -0.39 is 0 Å². The molecule has 7 nitrogen and oxygen atoms in total. The molecule has 0 radical (unpaired) electrons. The van der Waals surface area contributed by atoms with Crippen molar-refractivity contribution in [2.75, 3.05) is 19.7 Å². The first kappa shape index (κ1) is 21.0. The third kappa shape index (κ3) is 4.03. The molecule has 166 valence electrons. The molecule has 2 amide bonds. The van der Waals surface area contributed by atoms with Crippen LogP contribution in [0.5, 0.6) is 0 Å². The van der Waals surface area contributed by atoms with Gasteiger partial charge in [0.2, 0.25) is 5.91 Å². The summed E-state index contributed by atoms with van der Waals surface area (Å²) in [6.45, 7) is 0.275. The molecule has 0 aliphatic carbocycles. The maximum atomic E-state index is 12.8. The van der Waals surface area contributed by atoms with Crippen molar-refractivity contribution in [3.63, 3.8) is 0 Å². The molecule has 0 saturated carbocycles. The van der Waals surface area contributed by atoms with Crippen LogP contribution in [0, 0.1) is 0 Å². The highest BCUT2D eigenvalue weighted by Crippen LogP contribution is 2.43. The zero-order valence-corrected chi connectivity index (χ0v) is 18.0. The van der Waals surface area contributed by atoms with Gasteiger partial charge in [-0.1, -0.05) is 66.7 Å². The Balaban J connectivity index is 1.34. The molecule has 0 bridgehead atoms. The largest absolute Gasteiger partial charge is 0.394 e. The highest BCUT2D eigenvalue weighted by molar-refractivity contribution is 5.96. The Morgan fingerprint density at radius 1 is 1.03 bits per heavy atom. The number of carbonyl (C=O) groups excluding carboxylic acids is 2. The SMILES string of the molecule is O=C(c1cnccn1)N1CC(=O)N2[C@@H](CO)[C@H](c3ccc(/C=C/c4ccccc4)cc3)[C@@H]2C1. The van der Waals surface area contributed by atoms with E-state index in [0.717, 1.165) is 16.7 Å². The molecular weight excluding hydrogens is 416 g/mol. The van der Waals surface area contributed by atoms with Gasteiger partial charge in [-0.15, -0.1) is 0 Å². The zero-order valence-electron chi connectivity index (χ0n) is 18.0. The van der Waals surface area contributed by atoms with Crippen LogP contribution in [0.15, 0.2) is 73.2 Å². The van der Waals surface area contributed by atoms with Crippen molar-refractivity contribution >= 4 is 24.0 Å². The summed E-state index contributed by atoms with van der Waals surface area (Å²) in [6, 6.07) is 17.8. The standard InChI is InChI=1S/C26H24N4O3/c31-17-23-25(20-10-8-19(9-11-20)7-6-18-4-2-1-3-5-18)22-15-29(16-24(32)30(22)23)26(33)21-14-27-12-13-28-21/h1-14,22-23,25,31H,15-17H2/b7-6+/t22-,23-,25+/m0/s1. The van der Waals surface area contributed by atoms with Crippen LogP contribution in [0.25, 0.3) is 12.2 Å². The number of benzene rings is 2. The average Bonchev–Trinajstić information content (AvgIpc) is 2.85. The third-order valence-corrected chi connectivity index (χ3v) is 6.41. The molecule has 33 heavy (non-hydrogen) atoms. The minimum Gasteiger partial charge on any atom is -0.394 e. The first-order chi connectivity index (χ1) is 16.2. The van der Waals surface area contributed by atoms with Gasteiger partial charge in [0.25, 0.3) is 5.91 Å². The van der Waals surface area contributed by atoms with E-state index in [0.29, 0.717) is 6.54 Å². The lowest BCUT2D eigenvalue weighted by molar-refractivity contribution is -0.159. The quantitative estimate of drug-likeness (QED) is 0.616. The van der Waals surface area contributed by atoms with Crippen LogP contribution in [0.1, 0.15) is 33.1 Å². The van der Waals surface area contributed by atoms with Crippen molar-refractivity contribution in [1.82, 2.24) is 19.8 Å². The van der Waals surface area contributed by atoms with Gasteiger partial charge in [0, 0.05) is 24.9 Å². The molecular formula is C26H24N4O3. The molecule has 3 atom stereocenters. The molecule has 1 N–H and O–H groups in total. The Morgan fingerprint density at radius 2 is 1.76 bits per heavy atom. The summed E-state index contributed by atoms with van der Waals surface area (Å²) in [5.41, 5.74) is 3.47. The van der Waals surface area contributed by atoms with Crippen LogP contribution >= 0.6 is 0 Å². The van der Waals surface area contributed by atoms with Crippen molar-refractivity contribution in [3.05, 3.63) is 95.6 Å². The van der Waals surface area contributed by atoms with E-state index in [1.807, 2.05) is 54.6 Å². The van der Waals surface area contributed by atoms with E-state index in [1.54, 1.807) is 4.90 Å². The fourth-order valence-corrected chi connectivity index (χ4v) is 4.81. The minimum absolute atomic E-state index is 0.0155. The number of piperazine rings is 1. The van der Waals surface area contributed by atoms with Crippen LogP contribution in [0.3, 0.4) is 0 Å². The molecule has 7 heteroatoms. The Labute approximate surface area is 192 Å². The Bertz CT molecular complexity index is 1170. The van der Waals surface area contributed by atoms with Crippen molar-refractivity contribution in [2.45, 2.75) is 18.0 Å². The van der Waals surface area contributed by atoms with Gasteiger partial charge >= 0.3 is 0 Å². The number of aliphatic hydroxyl groups excluding tert-OH is 1. The van der Waals surface area contributed by atoms with Crippen LogP contribution in [0.2, 0.25) is 0 Å². The number of hydrogen-bond acceptors (Lipinski definition) is 5. The van der Waals surface area contributed by atoms with Gasteiger partial charge in [-0.2, -0.15) is 0 Å². The Morgan fingerprint density at radius 3 is 2.42 bits per heavy atom. The normalized spacial score (nSPS) is 22.2. The van der Waals surface area contributed by atoms with Crippen molar-refractivity contribution in [1.29, 1.82) is 0 Å². The maximum absolute atomic E-state index is 12.8. The number of aliphatic hydroxyl groups is 1. The van der Waals surface area contributed by atoms with Crippen molar-refractivity contribution < 1.29 is 14.7 Å². The molecule has 3 heterocycles. The average molecular weight is 441 g/mol. The van der Waals surface area contributed by atoms with Gasteiger partial charge in [-0.25, -0.2) is 4.98 Å². The monoisotopic (exact) mass is 440 g/mol. The summed E-state index contributed by atoms with van der Waals surface area (Å²) in [5.74, 6) is -0.492. The Hall–Kier alpha value is -3.84. The van der Waals surface area contributed by atoms with Crippen molar-refractivity contribution in [3.8, 4) is 0 Å². The summed E-state index contributed by atoms with van der Waals surface area (Å²) in [7, 11) is 0. The second kappa shape index (κ2) is 8.96. The topological polar surface area (TPSA) is 86.6 Å². The first-order valence-electron chi connectivity index (χ1n) is 11.0. The summed E-state index contributed by atoms with van der Waals surface area (Å²) in [6.07, 6.45) is 8.50. The Kier molecular flexibility index (Phi) is 5.71. The van der Waals surface area contributed by atoms with E-state index in [4.69, 9.17) is 0 Å². The fraction of sp³-hybridized carbons (Fsp3) is 0.231. The second-order valence-corrected chi connectivity index (χ2v) is 8.33. The fourth-order valence-electron chi connectivity index (χ4n) is 4.81. The van der Waals surface area contributed by atoms with E-state index in [-0.39, 0.29) is 48.7 Å². The number of aromatic nitrogens is 2. The smallest absolute Gasteiger partial charge is 0.274 e. The lowest BCUT2D eigenvalue weighted by Crippen LogP contribution is -2.73. The highest BCUT2D eigenvalue weighted by atomic mass is 16.3. The zero-order chi connectivity index (χ0) is 22.8. The van der Waals surface area contributed by atoms with Gasteiger partial charge in [0.15, 0.2) is 0 Å². The van der Waals surface area contributed by atoms with E-state index in [9.17, 15) is 14.7 Å². The number of hydrogen-bond donors (Lipinski definition) is 1. The summed E-state index contributed by atoms with van der Waals surface area (Å²) >= 11 is 0. The molecule has 2 saturated heterocycles. The molecule has 3 aromatic rings. The number of amides is 2. The van der Waals surface area contributed by atoms with Crippen LogP contribution in [-0.2, 0) is 4.79 Å². The predicted octanol–water partition coefficient (Wildman–Crippen LogP) is 2.46. The molecule has 2 aliphatic rings. The third-order valence-electron chi connectivity index (χ3n) is 6.41. The minimum atomic E-state index is -0.302. The van der Waals surface area contributed by atoms with Crippen molar-refractivity contribution in [2.24, 2.45) is 0 Å². The lowest BCUT2D eigenvalue weighted by atomic mass is 9.73. The molecule has 2 aromatic carbocycles. The van der Waals surface area contributed by atoms with Gasteiger partial charge in [0.05, 0.1) is 24.9 Å². The lowest BCUT2D eigenvalue weighted by Gasteiger charge is -2.58. The highest BCUT2D eigenvalue weighted by Gasteiger charge is 2.54. The molecule has 5 rings (SSSR count). The summed E-state index contributed by atoms with van der Waals surface area (Å²) in [4.78, 5) is 36.9. The molecule has 1 aromatic heterocycles. The molecule has 2 fully saturated rings. The van der Waals surface area contributed by atoms with Gasteiger partial charge in [-0.05, 0) is 16.7 Å². The van der Waals surface area contributed by atoms with Crippen LogP contribution in [-0.4, -0.2) is 68.5 Å². The van der Waals surface area contributed by atoms with E-state index >= 15 is 0 Å². The second-order valence-electron chi connectivity index (χ2n) is 8.33. The number of carbonyl (C=O) groups is 2. The molecule has 2 aliphatic heterocycles. The summed E-state index contributed by atoms with van der Waals surface area (Å²) in [5, 5.41) is 9.99. The van der Waals surface area contributed by atoms with E-state index in [2.05, 4.69) is 22.1 Å². The maximum Gasteiger partial charge on any atom is 0.274 e.